The van der Waals surface area contributed by atoms with Crippen LogP contribution in [0.5, 0.6) is 0 Å². The topological polar surface area (TPSA) is 79.5 Å². The number of urea groups is 1. The van der Waals surface area contributed by atoms with Crippen molar-refractivity contribution in [2.75, 3.05) is 23.8 Å². The Morgan fingerprint density at radius 1 is 1.04 bits per heavy atom. The fraction of sp³-hybridized carbons (Fsp3) is 0.556. The summed E-state index contributed by atoms with van der Waals surface area (Å²) in [5, 5.41) is 8.25. The SMILES string of the molecule is CC(=O)Nc1ccc(NC(=O)NCCCOC2CCCCC2)cc1. The molecule has 1 aromatic rings. The van der Waals surface area contributed by atoms with Crippen LogP contribution in [0.3, 0.4) is 0 Å². The maximum absolute atomic E-state index is 11.8. The van der Waals surface area contributed by atoms with Gasteiger partial charge < -0.3 is 20.7 Å². The van der Waals surface area contributed by atoms with Crippen LogP contribution in [0.4, 0.5) is 16.2 Å². The zero-order chi connectivity index (χ0) is 17.2. The normalized spacial score (nSPS) is 14.9. The summed E-state index contributed by atoms with van der Waals surface area (Å²) < 4.78 is 5.82. The third-order valence-corrected chi connectivity index (χ3v) is 3.98. The van der Waals surface area contributed by atoms with Crippen molar-refractivity contribution in [3.8, 4) is 0 Å². The van der Waals surface area contributed by atoms with Gasteiger partial charge in [0, 0.05) is 31.5 Å². The van der Waals surface area contributed by atoms with E-state index in [-0.39, 0.29) is 11.9 Å². The molecule has 0 aromatic heterocycles. The summed E-state index contributed by atoms with van der Waals surface area (Å²) in [6, 6.07) is 6.75. The van der Waals surface area contributed by atoms with Gasteiger partial charge in [-0.25, -0.2) is 4.79 Å². The quantitative estimate of drug-likeness (QED) is 0.668. The predicted octanol–water partition coefficient (Wildman–Crippen LogP) is 3.51. The first kappa shape index (κ1) is 18.3. The molecule has 3 amide bonds. The van der Waals surface area contributed by atoms with Gasteiger partial charge >= 0.3 is 6.03 Å². The largest absolute Gasteiger partial charge is 0.378 e. The minimum absolute atomic E-state index is 0.121. The highest BCUT2D eigenvalue weighted by atomic mass is 16.5. The molecule has 1 aromatic carbocycles. The van der Waals surface area contributed by atoms with Gasteiger partial charge in [-0.2, -0.15) is 0 Å². The maximum Gasteiger partial charge on any atom is 0.319 e. The lowest BCUT2D eigenvalue weighted by Crippen LogP contribution is -2.30. The van der Waals surface area contributed by atoms with E-state index in [0.29, 0.717) is 30.6 Å². The van der Waals surface area contributed by atoms with Gasteiger partial charge in [-0.1, -0.05) is 19.3 Å². The Hall–Kier alpha value is -2.08. The highest BCUT2D eigenvalue weighted by Gasteiger charge is 2.13. The van der Waals surface area contributed by atoms with Gasteiger partial charge in [0.15, 0.2) is 0 Å². The molecular weight excluding hydrogens is 306 g/mol. The minimum Gasteiger partial charge on any atom is -0.378 e. The zero-order valence-corrected chi connectivity index (χ0v) is 14.3. The van der Waals surface area contributed by atoms with Crippen molar-refractivity contribution in [2.24, 2.45) is 0 Å². The molecule has 1 aliphatic carbocycles. The molecule has 0 radical (unpaired) electrons. The second-order valence-electron chi connectivity index (χ2n) is 6.12. The van der Waals surface area contributed by atoms with Gasteiger partial charge in [0.05, 0.1) is 6.10 Å². The molecule has 0 atom stereocenters. The number of benzene rings is 1. The molecule has 0 unspecified atom stereocenters. The molecule has 2 rings (SSSR count). The van der Waals surface area contributed by atoms with E-state index in [9.17, 15) is 9.59 Å². The van der Waals surface area contributed by atoms with Gasteiger partial charge in [0.1, 0.15) is 0 Å². The van der Waals surface area contributed by atoms with E-state index in [4.69, 9.17) is 4.74 Å². The molecule has 24 heavy (non-hydrogen) atoms. The molecule has 1 fully saturated rings. The lowest BCUT2D eigenvalue weighted by atomic mass is 9.98. The van der Waals surface area contributed by atoms with Crippen LogP contribution in [0.15, 0.2) is 24.3 Å². The fourth-order valence-corrected chi connectivity index (χ4v) is 2.77. The fourth-order valence-electron chi connectivity index (χ4n) is 2.77. The van der Waals surface area contributed by atoms with Gasteiger partial charge in [-0.05, 0) is 43.5 Å². The number of hydrogen-bond acceptors (Lipinski definition) is 3. The monoisotopic (exact) mass is 333 g/mol. The summed E-state index contributed by atoms with van der Waals surface area (Å²) in [7, 11) is 0. The van der Waals surface area contributed by atoms with E-state index in [1.54, 1.807) is 24.3 Å². The second-order valence-corrected chi connectivity index (χ2v) is 6.12. The van der Waals surface area contributed by atoms with Crippen LogP contribution in [-0.4, -0.2) is 31.2 Å². The molecular formula is C18H27N3O3. The molecule has 1 aliphatic rings. The second kappa shape index (κ2) is 9.93. The molecule has 132 valence electrons. The number of amides is 3. The van der Waals surface area contributed by atoms with Crippen molar-refractivity contribution in [1.82, 2.24) is 5.32 Å². The Morgan fingerprint density at radius 2 is 1.67 bits per heavy atom. The average molecular weight is 333 g/mol. The minimum atomic E-state index is -0.236. The highest BCUT2D eigenvalue weighted by molar-refractivity contribution is 5.91. The molecule has 6 heteroatoms. The Kier molecular flexibility index (Phi) is 7.55. The van der Waals surface area contributed by atoms with Crippen molar-refractivity contribution >= 4 is 23.3 Å². The van der Waals surface area contributed by atoms with Crippen molar-refractivity contribution < 1.29 is 14.3 Å². The summed E-state index contributed by atoms with van der Waals surface area (Å²) in [6.07, 6.45) is 7.43. The maximum atomic E-state index is 11.8. The molecule has 1 saturated carbocycles. The number of ether oxygens (including phenoxy) is 1. The molecule has 6 nitrogen and oxygen atoms in total. The van der Waals surface area contributed by atoms with Gasteiger partial charge in [-0.3, -0.25) is 4.79 Å². The van der Waals surface area contributed by atoms with Crippen LogP contribution in [0.2, 0.25) is 0 Å². The van der Waals surface area contributed by atoms with Crippen LogP contribution in [-0.2, 0) is 9.53 Å². The number of nitrogens with one attached hydrogen (secondary N) is 3. The van der Waals surface area contributed by atoms with E-state index >= 15 is 0 Å². The lowest BCUT2D eigenvalue weighted by molar-refractivity contribution is -0.114. The number of rotatable bonds is 7. The van der Waals surface area contributed by atoms with Crippen molar-refractivity contribution in [3.05, 3.63) is 24.3 Å². The third-order valence-electron chi connectivity index (χ3n) is 3.98. The molecule has 0 saturated heterocycles. The first-order chi connectivity index (χ1) is 11.6. The van der Waals surface area contributed by atoms with Crippen LogP contribution >= 0.6 is 0 Å². The van der Waals surface area contributed by atoms with E-state index in [0.717, 1.165) is 6.42 Å². The van der Waals surface area contributed by atoms with E-state index in [2.05, 4.69) is 16.0 Å². The summed E-state index contributed by atoms with van der Waals surface area (Å²) in [5.74, 6) is -0.121. The Balaban J connectivity index is 1.58. The molecule has 0 spiro atoms. The van der Waals surface area contributed by atoms with Crippen molar-refractivity contribution in [1.29, 1.82) is 0 Å². The zero-order valence-electron chi connectivity index (χ0n) is 14.3. The first-order valence-corrected chi connectivity index (χ1v) is 8.67. The van der Waals surface area contributed by atoms with E-state index in [1.807, 2.05) is 0 Å². The van der Waals surface area contributed by atoms with Crippen molar-refractivity contribution in [3.63, 3.8) is 0 Å². The summed E-state index contributed by atoms with van der Waals surface area (Å²) >= 11 is 0. The average Bonchev–Trinajstić information content (AvgIpc) is 2.57. The number of carbonyl (C=O) groups is 2. The Labute approximate surface area is 143 Å². The third kappa shape index (κ3) is 7.00. The van der Waals surface area contributed by atoms with Gasteiger partial charge in [-0.15, -0.1) is 0 Å². The van der Waals surface area contributed by atoms with Gasteiger partial charge in [0.25, 0.3) is 0 Å². The molecule has 0 heterocycles. The standard InChI is InChI=1S/C18H27N3O3/c1-14(22)20-15-8-10-16(11-9-15)21-18(23)19-12-5-13-24-17-6-3-2-4-7-17/h8-11,17H,2-7,12-13H2,1H3,(H,20,22)(H2,19,21,23). The van der Waals surface area contributed by atoms with Crippen LogP contribution in [0, 0.1) is 0 Å². The summed E-state index contributed by atoms with van der Waals surface area (Å²) in [6.45, 7) is 2.73. The summed E-state index contributed by atoms with van der Waals surface area (Å²) in [5.41, 5.74) is 1.38. The van der Waals surface area contributed by atoms with Crippen molar-refractivity contribution in [2.45, 2.75) is 51.6 Å². The number of hydrogen-bond donors (Lipinski definition) is 3. The number of anilines is 2. The van der Waals surface area contributed by atoms with E-state index < -0.39 is 0 Å². The highest BCUT2D eigenvalue weighted by Crippen LogP contribution is 2.20. The van der Waals surface area contributed by atoms with Crippen LogP contribution < -0.4 is 16.0 Å². The number of carbonyl (C=O) groups excluding carboxylic acids is 2. The van der Waals surface area contributed by atoms with Crippen LogP contribution in [0.25, 0.3) is 0 Å². The molecule has 0 aliphatic heterocycles. The van der Waals surface area contributed by atoms with Crippen LogP contribution in [0.1, 0.15) is 45.4 Å². The Morgan fingerprint density at radius 3 is 2.29 bits per heavy atom. The summed E-state index contributed by atoms with van der Waals surface area (Å²) in [4.78, 5) is 22.8. The molecule has 3 N–H and O–H groups in total. The Bertz CT molecular complexity index is 525. The smallest absolute Gasteiger partial charge is 0.319 e. The lowest BCUT2D eigenvalue weighted by Gasteiger charge is -2.21. The van der Waals surface area contributed by atoms with Gasteiger partial charge in [0.2, 0.25) is 5.91 Å². The predicted molar refractivity (Wildman–Crippen MR) is 95.2 cm³/mol. The van der Waals surface area contributed by atoms with E-state index in [1.165, 1.54) is 39.0 Å². The first-order valence-electron chi connectivity index (χ1n) is 8.67. The molecule has 0 bridgehead atoms.